The topological polar surface area (TPSA) is 19.9 Å². The van der Waals surface area contributed by atoms with E-state index < -0.39 is 0 Å². The third kappa shape index (κ3) is 3.52. The zero-order valence-corrected chi connectivity index (χ0v) is 6.68. The van der Waals surface area contributed by atoms with Gasteiger partial charge in [0.2, 0.25) is 0 Å². The predicted octanol–water partition coefficient (Wildman–Crippen LogP) is 2.63. The molecule has 0 saturated heterocycles. The quantitative estimate of drug-likeness (QED) is 0.556. The molecule has 0 N–H and O–H groups in total. The van der Waals surface area contributed by atoms with Crippen molar-refractivity contribution in [2.45, 2.75) is 46.1 Å². The number of rotatable bonds is 4. The van der Waals surface area contributed by atoms with Gasteiger partial charge in [0.05, 0.1) is 6.10 Å². The van der Waals surface area contributed by atoms with Crippen LogP contribution in [-0.2, 0) is 5.11 Å². The minimum absolute atomic E-state index is 0.319. The molecule has 0 aliphatic heterocycles. The van der Waals surface area contributed by atoms with E-state index in [0.717, 1.165) is 19.3 Å². The van der Waals surface area contributed by atoms with E-state index in [4.69, 9.17) is 0 Å². The molecule has 0 aromatic heterocycles. The highest BCUT2D eigenvalue weighted by Crippen LogP contribution is 2.12. The molecule has 0 aliphatic carbocycles. The van der Waals surface area contributed by atoms with E-state index in [1.807, 2.05) is 6.92 Å². The summed E-state index contributed by atoms with van der Waals surface area (Å²) in [5, 5.41) is 11.1. The molecule has 1 radical (unpaired) electrons. The Morgan fingerprint density at radius 2 is 1.89 bits per heavy atom. The maximum atomic E-state index is 11.1. The summed E-state index contributed by atoms with van der Waals surface area (Å²) in [6.45, 7) is 6.17. The fraction of sp³-hybridized carbons (Fsp3) is 1.00. The summed E-state index contributed by atoms with van der Waals surface area (Å²) < 4.78 is 0. The molecule has 2 unspecified atom stereocenters. The summed E-state index contributed by atoms with van der Waals surface area (Å²) in [5.74, 6) is 0.366. The highest BCUT2D eigenvalue weighted by atomic mass is 16.3. The van der Waals surface area contributed by atoms with Gasteiger partial charge in [0.15, 0.2) is 0 Å². The molecule has 2 atom stereocenters. The van der Waals surface area contributed by atoms with Crippen LogP contribution in [0.15, 0.2) is 0 Å². The minimum atomic E-state index is -0.319. The Labute approximate surface area is 58.1 Å². The lowest BCUT2D eigenvalue weighted by molar-refractivity contribution is 0.0343. The SMILES string of the molecule is CCCC([O])C(C)CC. The average Bonchev–Trinajstić information content (AvgIpc) is 1.87. The molecule has 1 heteroatoms. The first-order valence-corrected chi connectivity index (χ1v) is 3.88. The minimum Gasteiger partial charge on any atom is -0.233 e. The standard InChI is InChI=1S/C8H17O/c1-4-6-8(9)7(3)5-2/h7-8H,4-6H2,1-3H3. The van der Waals surface area contributed by atoms with Gasteiger partial charge >= 0.3 is 0 Å². The van der Waals surface area contributed by atoms with E-state index in [9.17, 15) is 5.11 Å². The Balaban J connectivity index is 3.32. The molecule has 0 aromatic carbocycles. The molecule has 0 aliphatic rings. The van der Waals surface area contributed by atoms with Crippen molar-refractivity contribution in [3.63, 3.8) is 0 Å². The van der Waals surface area contributed by atoms with Crippen molar-refractivity contribution in [1.29, 1.82) is 0 Å². The van der Waals surface area contributed by atoms with Crippen molar-refractivity contribution < 1.29 is 5.11 Å². The van der Waals surface area contributed by atoms with Gasteiger partial charge in [0.1, 0.15) is 0 Å². The van der Waals surface area contributed by atoms with Crippen LogP contribution in [0.5, 0.6) is 0 Å². The molecule has 0 heterocycles. The zero-order chi connectivity index (χ0) is 7.28. The van der Waals surface area contributed by atoms with Crippen molar-refractivity contribution in [2.24, 2.45) is 5.92 Å². The molecule has 0 rings (SSSR count). The zero-order valence-electron chi connectivity index (χ0n) is 6.68. The highest BCUT2D eigenvalue weighted by molar-refractivity contribution is 4.60. The molecule has 0 bridgehead atoms. The molecule has 0 amide bonds. The number of hydrogen-bond acceptors (Lipinski definition) is 0. The maximum absolute atomic E-state index is 11.1. The van der Waals surface area contributed by atoms with E-state index in [1.165, 1.54) is 0 Å². The molecular weight excluding hydrogens is 112 g/mol. The molecule has 0 fully saturated rings. The Morgan fingerprint density at radius 3 is 2.22 bits per heavy atom. The van der Waals surface area contributed by atoms with Crippen LogP contribution in [-0.4, -0.2) is 6.10 Å². The van der Waals surface area contributed by atoms with Gasteiger partial charge in [0.25, 0.3) is 0 Å². The molecule has 0 aromatic rings. The third-order valence-corrected chi connectivity index (χ3v) is 1.85. The first-order chi connectivity index (χ1) is 4.22. The van der Waals surface area contributed by atoms with E-state index >= 15 is 0 Å². The largest absolute Gasteiger partial charge is 0.233 e. The Hall–Kier alpha value is -0.0400. The van der Waals surface area contributed by atoms with E-state index in [-0.39, 0.29) is 6.10 Å². The summed E-state index contributed by atoms with van der Waals surface area (Å²) in [6.07, 6.45) is 2.57. The fourth-order valence-corrected chi connectivity index (χ4v) is 0.832. The van der Waals surface area contributed by atoms with Crippen molar-refractivity contribution in [1.82, 2.24) is 0 Å². The van der Waals surface area contributed by atoms with Crippen molar-refractivity contribution in [2.75, 3.05) is 0 Å². The van der Waals surface area contributed by atoms with Gasteiger partial charge in [0, 0.05) is 0 Å². The summed E-state index contributed by atoms with van der Waals surface area (Å²) >= 11 is 0. The third-order valence-electron chi connectivity index (χ3n) is 1.85. The molecule has 55 valence electrons. The van der Waals surface area contributed by atoms with Crippen molar-refractivity contribution in [3.05, 3.63) is 0 Å². The summed E-state index contributed by atoms with van der Waals surface area (Å²) in [4.78, 5) is 0. The van der Waals surface area contributed by atoms with E-state index in [1.54, 1.807) is 0 Å². The van der Waals surface area contributed by atoms with Crippen molar-refractivity contribution in [3.8, 4) is 0 Å². The smallest absolute Gasteiger partial charge is 0.0955 e. The van der Waals surface area contributed by atoms with Gasteiger partial charge in [-0.2, -0.15) is 0 Å². The van der Waals surface area contributed by atoms with Gasteiger partial charge in [-0.15, -0.1) is 0 Å². The molecule has 0 saturated carbocycles. The first-order valence-electron chi connectivity index (χ1n) is 3.88. The normalized spacial score (nSPS) is 17.3. The van der Waals surface area contributed by atoms with Crippen LogP contribution in [0.3, 0.4) is 0 Å². The Morgan fingerprint density at radius 1 is 1.33 bits per heavy atom. The van der Waals surface area contributed by atoms with Gasteiger partial charge in [-0.05, 0) is 12.3 Å². The van der Waals surface area contributed by atoms with Crippen LogP contribution >= 0.6 is 0 Å². The molecule has 0 spiro atoms. The summed E-state index contributed by atoms with van der Waals surface area (Å²) in [6, 6.07) is 0. The second-order valence-corrected chi connectivity index (χ2v) is 2.71. The number of hydrogen-bond donors (Lipinski definition) is 0. The monoisotopic (exact) mass is 129 g/mol. The molecule has 9 heavy (non-hydrogen) atoms. The lowest BCUT2D eigenvalue weighted by atomic mass is 9.98. The van der Waals surface area contributed by atoms with Gasteiger partial charge in [-0.3, -0.25) is 0 Å². The van der Waals surface area contributed by atoms with Crippen LogP contribution < -0.4 is 0 Å². The highest BCUT2D eigenvalue weighted by Gasteiger charge is 2.11. The van der Waals surface area contributed by atoms with Crippen LogP contribution in [0.2, 0.25) is 0 Å². The average molecular weight is 129 g/mol. The van der Waals surface area contributed by atoms with E-state index in [2.05, 4.69) is 13.8 Å². The second-order valence-electron chi connectivity index (χ2n) is 2.71. The van der Waals surface area contributed by atoms with Gasteiger partial charge in [-0.1, -0.05) is 33.6 Å². The predicted molar refractivity (Wildman–Crippen MR) is 38.8 cm³/mol. The van der Waals surface area contributed by atoms with Crippen molar-refractivity contribution >= 4 is 0 Å². The Kier molecular flexibility index (Phi) is 4.78. The maximum Gasteiger partial charge on any atom is 0.0955 e. The van der Waals surface area contributed by atoms with Gasteiger partial charge in [-0.25, -0.2) is 5.11 Å². The van der Waals surface area contributed by atoms with Crippen LogP contribution in [0.1, 0.15) is 40.0 Å². The van der Waals surface area contributed by atoms with E-state index in [0.29, 0.717) is 5.92 Å². The van der Waals surface area contributed by atoms with Crippen LogP contribution in [0.4, 0.5) is 0 Å². The van der Waals surface area contributed by atoms with Gasteiger partial charge < -0.3 is 0 Å². The molecular formula is C8H17O. The first kappa shape index (κ1) is 8.96. The van der Waals surface area contributed by atoms with Crippen LogP contribution in [0.25, 0.3) is 0 Å². The molecule has 1 nitrogen and oxygen atoms in total. The summed E-state index contributed by atoms with van der Waals surface area (Å²) in [7, 11) is 0. The second kappa shape index (κ2) is 4.80. The summed E-state index contributed by atoms with van der Waals surface area (Å²) in [5.41, 5.74) is 0. The fourth-order valence-electron chi connectivity index (χ4n) is 0.832. The lowest BCUT2D eigenvalue weighted by Gasteiger charge is -2.12. The Bertz CT molecular complexity index is 61.6. The lowest BCUT2D eigenvalue weighted by Crippen LogP contribution is -2.14. The van der Waals surface area contributed by atoms with Crippen LogP contribution in [0, 0.1) is 5.92 Å².